The van der Waals surface area contributed by atoms with Gasteiger partial charge in [-0.15, -0.1) is 0 Å². The molecule has 0 aromatic heterocycles. The number of hydrogen-bond acceptors (Lipinski definition) is 18. The molecule has 0 bridgehead atoms. The second kappa shape index (κ2) is 19.3. The predicted octanol–water partition coefficient (Wildman–Crippen LogP) is -3.21. The summed E-state index contributed by atoms with van der Waals surface area (Å²) >= 11 is 0. The summed E-state index contributed by atoms with van der Waals surface area (Å²) in [5.41, 5.74) is 0.119. The van der Waals surface area contributed by atoms with Crippen molar-refractivity contribution in [3.05, 3.63) is 35.9 Å². The van der Waals surface area contributed by atoms with Crippen LogP contribution in [0.15, 0.2) is 30.3 Å². The van der Waals surface area contributed by atoms with E-state index < -0.39 is 135 Å². The van der Waals surface area contributed by atoms with E-state index in [0.717, 1.165) is 0 Å². The molecule has 0 radical (unpaired) electrons. The molecule has 312 valence electrons. The number of carbonyl (C=O) groups is 2. The van der Waals surface area contributed by atoms with Crippen molar-refractivity contribution in [2.45, 2.75) is 157 Å². The van der Waals surface area contributed by atoms with Crippen LogP contribution in [0.5, 0.6) is 0 Å². The first kappa shape index (κ1) is 43.7. The lowest BCUT2D eigenvalue weighted by Crippen LogP contribution is -2.66. The lowest BCUT2D eigenvalue weighted by atomic mass is 9.85. The number of amides is 1. The molecular weight excluding hydrogens is 734 g/mol. The van der Waals surface area contributed by atoms with E-state index in [-0.39, 0.29) is 17.9 Å². The first-order valence-corrected chi connectivity index (χ1v) is 18.6. The summed E-state index contributed by atoms with van der Waals surface area (Å²) in [5, 5.41) is 97.3. The van der Waals surface area contributed by atoms with E-state index in [1.54, 1.807) is 18.2 Å². The van der Waals surface area contributed by atoms with Crippen LogP contribution in [0.2, 0.25) is 0 Å². The number of rotatable bonds is 13. The molecule has 5 rings (SSSR count). The topological polar surface area (TPSA) is 293 Å². The fraction of sp³-hybridized carbons (Fsp3) is 0.778. The van der Waals surface area contributed by atoms with Gasteiger partial charge in [0.1, 0.15) is 54.9 Å². The molecule has 19 nitrogen and oxygen atoms in total. The van der Waals surface area contributed by atoms with Crippen LogP contribution < -0.4 is 5.32 Å². The van der Waals surface area contributed by atoms with Crippen LogP contribution in [-0.4, -0.2) is 181 Å². The van der Waals surface area contributed by atoms with E-state index in [1.807, 2.05) is 6.92 Å². The Bertz CT molecular complexity index is 1380. The molecule has 19 heteroatoms. The van der Waals surface area contributed by atoms with Gasteiger partial charge in [0, 0.05) is 13.3 Å². The highest BCUT2D eigenvalue weighted by Crippen LogP contribution is 2.37. The van der Waals surface area contributed by atoms with Gasteiger partial charge in [-0.3, -0.25) is 4.79 Å². The van der Waals surface area contributed by atoms with E-state index in [2.05, 4.69) is 5.32 Å². The lowest BCUT2D eigenvalue weighted by Gasteiger charge is -2.48. The summed E-state index contributed by atoms with van der Waals surface area (Å²) in [6.45, 7) is 2.92. The van der Waals surface area contributed by atoms with Gasteiger partial charge in [0.15, 0.2) is 25.0 Å². The average Bonchev–Trinajstić information content (AvgIpc) is 3.16. The van der Waals surface area contributed by atoms with Crippen molar-refractivity contribution in [3.8, 4) is 0 Å². The zero-order chi connectivity index (χ0) is 40.1. The number of nitrogens with one attached hydrogen (secondary N) is 1. The highest BCUT2D eigenvalue weighted by Gasteiger charge is 2.54. The van der Waals surface area contributed by atoms with Crippen LogP contribution in [0.3, 0.4) is 0 Å². The first-order valence-electron chi connectivity index (χ1n) is 18.6. The molecule has 4 fully saturated rings. The quantitative estimate of drug-likeness (QED) is 0.0880. The minimum atomic E-state index is -1.83. The van der Waals surface area contributed by atoms with E-state index in [1.165, 1.54) is 26.0 Å². The van der Waals surface area contributed by atoms with Gasteiger partial charge in [0.2, 0.25) is 5.91 Å². The van der Waals surface area contributed by atoms with Crippen LogP contribution in [-0.2, 0) is 38.0 Å². The SMILES string of the molecule is CC(=O)N[C@H]1[C@H]([C@H](O)[C@H](O)CO)OC(O[C@H]2[C@@H](O)[C@@H](CO)O[C@@H](O[C@@H]3CCC[C@H](C)[C@H]3OC3O[C@@H](C)[C@@H](O)[C@@H](O)[C@@H]3O)[C@@H]2OC(=O)c2ccccc2)C[C@@H]1O. The number of ether oxygens (including phenoxy) is 7. The summed E-state index contributed by atoms with van der Waals surface area (Å²) < 4.78 is 42.5. The Morgan fingerprint density at radius 3 is 2.20 bits per heavy atom. The van der Waals surface area contributed by atoms with Crippen LogP contribution in [0, 0.1) is 5.92 Å². The zero-order valence-corrected chi connectivity index (χ0v) is 30.8. The first-order chi connectivity index (χ1) is 26.1. The molecule has 2 unspecified atom stereocenters. The maximum absolute atomic E-state index is 13.6. The summed E-state index contributed by atoms with van der Waals surface area (Å²) in [7, 11) is 0. The molecular formula is C36H55NO18. The summed E-state index contributed by atoms with van der Waals surface area (Å²) in [6, 6.07) is 6.60. The van der Waals surface area contributed by atoms with E-state index in [9.17, 15) is 55.5 Å². The van der Waals surface area contributed by atoms with Gasteiger partial charge in [-0.25, -0.2) is 4.79 Å². The Morgan fingerprint density at radius 2 is 1.55 bits per heavy atom. The molecule has 3 heterocycles. The van der Waals surface area contributed by atoms with Crippen molar-refractivity contribution < 1.29 is 88.7 Å². The maximum Gasteiger partial charge on any atom is 0.338 e. The molecule has 3 aliphatic heterocycles. The second-order valence-electron chi connectivity index (χ2n) is 14.7. The third-order valence-corrected chi connectivity index (χ3v) is 10.6. The monoisotopic (exact) mass is 789 g/mol. The second-order valence-corrected chi connectivity index (χ2v) is 14.7. The van der Waals surface area contributed by atoms with Crippen LogP contribution in [0.1, 0.15) is 56.8 Å². The number of esters is 1. The van der Waals surface area contributed by atoms with Gasteiger partial charge < -0.3 is 84.4 Å². The highest BCUT2D eigenvalue weighted by molar-refractivity contribution is 5.89. The smallest absolute Gasteiger partial charge is 0.338 e. The Hall–Kier alpha value is -2.44. The fourth-order valence-electron chi connectivity index (χ4n) is 7.53. The average molecular weight is 790 g/mol. The zero-order valence-electron chi connectivity index (χ0n) is 30.8. The van der Waals surface area contributed by atoms with Crippen LogP contribution in [0.4, 0.5) is 0 Å². The Labute approximate surface area is 317 Å². The normalized spacial score (nSPS) is 42.2. The van der Waals surface area contributed by atoms with Gasteiger partial charge in [-0.1, -0.05) is 31.5 Å². The van der Waals surface area contributed by atoms with Gasteiger partial charge >= 0.3 is 5.97 Å². The van der Waals surface area contributed by atoms with Gasteiger partial charge in [-0.05, 0) is 37.8 Å². The molecule has 1 aliphatic carbocycles. The van der Waals surface area contributed by atoms with Gasteiger partial charge in [0.05, 0.1) is 49.2 Å². The molecule has 3 saturated heterocycles. The minimum Gasteiger partial charge on any atom is -0.450 e. The van der Waals surface area contributed by atoms with E-state index in [0.29, 0.717) is 19.3 Å². The molecule has 1 saturated carbocycles. The number of carbonyl (C=O) groups excluding carboxylic acids is 2. The highest BCUT2D eigenvalue weighted by atomic mass is 16.8. The summed E-state index contributed by atoms with van der Waals surface area (Å²) in [5.74, 6) is -1.67. The molecule has 19 atom stereocenters. The fourth-order valence-corrected chi connectivity index (χ4v) is 7.53. The molecule has 4 aliphatic rings. The number of benzene rings is 1. The van der Waals surface area contributed by atoms with Crippen molar-refractivity contribution >= 4 is 11.9 Å². The van der Waals surface area contributed by atoms with Crippen LogP contribution in [0.25, 0.3) is 0 Å². The molecule has 1 aromatic rings. The molecule has 1 amide bonds. The predicted molar refractivity (Wildman–Crippen MR) is 183 cm³/mol. The van der Waals surface area contributed by atoms with Gasteiger partial charge in [-0.2, -0.15) is 0 Å². The van der Waals surface area contributed by atoms with Gasteiger partial charge in [0.25, 0.3) is 0 Å². The summed E-state index contributed by atoms with van der Waals surface area (Å²) in [6.07, 6.45) is -23.0. The van der Waals surface area contributed by atoms with Crippen molar-refractivity contribution in [2.24, 2.45) is 5.92 Å². The summed E-state index contributed by atoms with van der Waals surface area (Å²) in [4.78, 5) is 25.5. The molecule has 1 aromatic carbocycles. The minimum absolute atomic E-state index is 0.119. The van der Waals surface area contributed by atoms with E-state index in [4.69, 9.17) is 33.2 Å². The molecule has 0 spiro atoms. The molecule has 55 heavy (non-hydrogen) atoms. The third kappa shape index (κ3) is 10.2. The molecule has 10 N–H and O–H groups in total. The van der Waals surface area contributed by atoms with Crippen molar-refractivity contribution in [2.75, 3.05) is 13.2 Å². The number of aliphatic hydroxyl groups excluding tert-OH is 9. The van der Waals surface area contributed by atoms with Crippen LogP contribution >= 0.6 is 0 Å². The number of aliphatic hydroxyl groups is 9. The third-order valence-electron chi connectivity index (χ3n) is 10.6. The van der Waals surface area contributed by atoms with Crippen molar-refractivity contribution in [1.82, 2.24) is 5.32 Å². The standard InChI is InChI=1S/C36H55NO18/c1-15-8-7-11-21(30(15)55-35-29(47)28(46)25(43)16(2)49-35)50-36-33(54-34(48)18-9-5-4-6-10-18)32(27(45)22(14-39)51-36)53-23-12-19(41)24(37-17(3)40)31(52-23)26(44)20(42)13-38/h4-6,9-10,15-16,19-33,35-36,38-39,41-47H,7-8,11-14H2,1-3H3,(H,37,40)/t15-,16-,19-,20+,21+,22+,23?,24+,25+,26+,27-,28+,29-,30+,31+,32-,33+,35?,36+/m0/s1. The largest absolute Gasteiger partial charge is 0.450 e. The Balaban J connectivity index is 1.45. The number of hydrogen-bond donors (Lipinski definition) is 10. The Morgan fingerprint density at radius 1 is 0.836 bits per heavy atom. The van der Waals surface area contributed by atoms with E-state index >= 15 is 0 Å². The Kier molecular flexibility index (Phi) is 15.4. The van der Waals surface area contributed by atoms with Crippen molar-refractivity contribution in [1.29, 1.82) is 0 Å². The van der Waals surface area contributed by atoms with Crippen molar-refractivity contribution in [3.63, 3.8) is 0 Å². The lowest BCUT2D eigenvalue weighted by molar-refractivity contribution is -0.360. The maximum atomic E-state index is 13.6.